The summed E-state index contributed by atoms with van der Waals surface area (Å²) in [5.41, 5.74) is -0.0745. The molecule has 2 rings (SSSR count). The topological polar surface area (TPSA) is 46.2 Å². The summed E-state index contributed by atoms with van der Waals surface area (Å²) in [6.07, 6.45) is 0. The van der Waals surface area contributed by atoms with Gasteiger partial charge in [0.1, 0.15) is 10.7 Å². The quantitative estimate of drug-likeness (QED) is 0.638. The highest BCUT2D eigenvalue weighted by atomic mass is 79.9. The molecule has 0 saturated heterocycles. The molecular formula is C12H6Br2Cl2FNO2S. The van der Waals surface area contributed by atoms with E-state index in [-0.39, 0.29) is 20.6 Å². The lowest BCUT2D eigenvalue weighted by Crippen LogP contribution is -2.14. The number of rotatable bonds is 3. The van der Waals surface area contributed by atoms with Crippen LogP contribution in [-0.4, -0.2) is 8.42 Å². The lowest BCUT2D eigenvalue weighted by molar-refractivity contribution is 0.600. The Kier molecular flexibility index (Phi) is 5.20. The molecule has 0 aromatic heterocycles. The highest BCUT2D eigenvalue weighted by Gasteiger charge is 2.21. The van der Waals surface area contributed by atoms with Crippen molar-refractivity contribution in [3.05, 3.63) is 55.1 Å². The van der Waals surface area contributed by atoms with Crippen LogP contribution in [0.1, 0.15) is 0 Å². The zero-order valence-electron chi connectivity index (χ0n) is 10.0. The number of sulfonamides is 1. The van der Waals surface area contributed by atoms with Crippen LogP contribution in [0.4, 0.5) is 10.1 Å². The second-order valence-electron chi connectivity index (χ2n) is 3.92. The van der Waals surface area contributed by atoms with Crippen molar-refractivity contribution in [1.82, 2.24) is 0 Å². The van der Waals surface area contributed by atoms with Crippen LogP contribution in [0.25, 0.3) is 0 Å². The van der Waals surface area contributed by atoms with Gasteiger partial charge in [0.2, 0.25) is 0 Å². The lowest BCUT2D eigenvalue weighted by Gasteiger charge is -2.12. The molecule has 0 heterocycles. The van der Waals surface area contributed by atoms with Crippen molar-refractivity contribution < 1.29 is 12.8 Å². The molecule has 2 aromatic rings. The largest absolute Gasteiger partial charge is 0.277 e. The van der Waals surface area contributed by atoms with E-state index < -0.39 is 15.8 Å². The minimum Gasteiger partial charge on any atom is -0.277 e. The summed E-state index contributed by atoms with van der Waals surface area (Å²) >= 11 is 18.0. The van der Waals surface area contributed by atoms with Crippen LogP contribution < -0.4 is 4.72 Å². The van der Waals surface area contributed by atoms with Crippen LogP contribution in [0.15, 0.2) is 44.2 Å². The maximum atomic E-state index is 13.1. The average Bonchev–Trinajstić information content (AvgIpc) is 2.33. The minimum absolute atomic E-state index is 0.00200. The summed E-state index contributed by atoms with van der Waals surface area (Å²) in [5.74, 6) is -0.655. The second-order valence-corrected chi connectivity index (χ2v) is 8.16. The van der Waals surface area contributed by atoms with E-state index >= 15 is 0 Å². The molecule has 3 nitrogen and oxygen atoms in total. The Morgan fingerprint density at radius 3 is 2.14 bits per heavy atom. The van der Waals surface area contributed by atoms with Crippen molar-refractivity contribution in [2.75, 3.05) is 4.72 Å². The molecule has 0 aliphatic carbocycles. The first-order valence-corrected chi connectivity index (χ1v) is 9.15. The molecule has 112 valence electrons. The van der Waals surface area contributed by atoms with Gasteiger partial charge in [-0.25, -0.2) is 12.8 Å². The van der Waals surface area contributed by atoms with Gasteiger partial charge in [0, 0.05) is 8.95 Å². The predicted molar refractivity (Wildman–Crippen MR) is 89.1 cm³/mol. The van der Waals surface area contributed by atoms with Gasteiger partial charge in [0.15, 0.2) is 0 Å². The number of hydrogen-bond donors (Lipinski definition) is 1. The fourth-order valence-corrected chi connectivity index (χ4v) is 5.04. The van der Waals surface area contributed by atoms with E-state index in [9.17, 15) is 12.8 Å². The van der Waals surface area contributed by atoms with Crippen molar-refractivity contribution in [1.29, 1.82) is 0 Å². The SMILES string of the molecule is O=S(=O)(Nc1c(Cl)cc(F)cc1Cl)c1ccc(Br)cc1Br. The molecular weight excluding hydrogens is 472 g/mol. The van der Waals surface area contributed by atoms with Crippen molar-refractivity contribution in [3.8, 4) is 0 Å². The molecule has 0 fully saturated rings. The van der Waals surface area contributed by atoms with E-state index in [2.05, 4.69) is 36.6 Å². The first-order chi connectivity index (χ1) is 9.70. The minimum atomic E-state index is -3.93. The molecule has 0 aliphatic rings. The first kappa shape index (κ1) is 17.0. The van der Waals surface area contributed by atoms with E-state index in [1.54, 1.807) is 12.1 Å². The van der Waals surface area contributed by atoms with E-state index in [4.69, 9.17) is 23.2 Å². The van der Waals surface area contributed by atoms with Crippen molar-refractivity contribution in [2.45, 2.75) is 4.90 Å². The molecule has 0 saturated carbocycles. The Bertz CT molecular complexity index is 792. The molecule has 21 heavy (non-hydrogen) atoms. The first-order valence-electron chi connectivity index (χ1n) is 5.33. The van der Waals surface area contributed by atoms with Gasteiger partial charge >= 0.3 is 0 Å². The van der Waals surface area contributed by atoms with Crippen LogP contribution in [0.5, 0.6) is 0 Å². The Hall–Kier alpha value is -0.340. The van der Waals surface area contributed by atoms with Gasteiger partial charge in [-0.2, -0.15) is 0 Å². The molecule has 1 N–H and O–H groups in total. The van der Waals surface area contributed by atoms with E-state index in [0.717, 1.165) is 12.1 Å². The van der Waals surface area contributed by atoms with E-state index in [1.165, 1.54) is 6.07 Å². The molecule has 0 amide bonds. The molecule has 0 bridgehead atoms. The summed E-state index contributed by atoms with van der Waals surface area (Å²) < 4.78 is 41.2. The Balaban J connectivity index is 2.47. The zero-order valence-corrected chi connectivity index (χ0v) is 15.5. The third-order valence-electron chi connectivity index (χ3n) is 2.43. The highest BCUT2D eigenvalue weighted by Crippen LogP contribution is 2.34. The van der Waals surface area contributed by atoms with Gasteiger partial charge in [-0.05, 0) is 46.3 Å². The molecule has 0 aliphatic heterocycles. The van der Waals surface area contributed by atoms with E-state index in [1.807, 2.05) is 0 Å². The van der Waals surface area contributed by atoms with Gasteiger partial charge < -0.3 is 0 Å². The number of halogens is 5. The van der Waals surface area contributed by atoms with Crippen LogP contribution in [0, 0.1) is 5.82 Å². The number of benzene rings is 2. The van der Waals surface area contributed by atoms with Crippen molar-refractivity contribution in [2.24, 2.45) is 0 Å². The summed E-state index contributed by atoms with van der Waals surface area (Å²) in [6.45, 7) is 0. The third-order valence-corrected chi connectivity index (χ3v) is 5.84. The summed E-state index contributed by atoms with van der Waals surface area (Å²) in [4.78, 5) is 0.00200. The maximum Gasteiger partial charge on any atom is 0.263 e. The molecule has 0 unspecified atom stereocenters. The average molecular weight is 478 g/mol. The Labute approximate surface area is 147 Å². The maximum absolute atomic E-state index is 13.1. The highest BCUT2D eigenvalue weighted by molar-refractivity contribution is 9.11. The van der Waals surface area contributed by atoms with Gasteiger partial charge in [-0.1, -0.05) is 39.1 Å². The zero-order chi connectivity index (χ0) is 15.8. The molecule has 0 spiro atoms. The number of nitrogens with one attached hydrogen (secondary N) is 1. The molecule has 9 heteroatoms. The van der Waals surface area contributed by atoms with Gasteiger partial charge in [0.25, 0.3) is 10.0 Å². The van der Waals surface area contributed by atoms with Crippen molar-refractivity contribution in [3.63, 3.8) is 0 Å². The van der Waals surface area contributed by atoms with Crippen LogP contribution in [-0.2, 0) is 10.0 Å². The summed E-state index contributed by atoms with van der Waals surface area (Å²) in [5, 5.41) is -0.256. The van der Waals surface area contributed by atoms with Crippen LogP contribution in [0.2, 0.25) is 10.0 Å². The number of anilines is 1. The van der Waals surface area contributed by atoms with Gasteiger partial charge in [-0.3, -0.25) is 4.72 Å². The molecule has 0 radical (unpaired) electrons. The Morgan fingerprint density at radius 1 is 1.05 bits per heavy atom. The standard InChI is InChI=1S/C12H6Br2Cl2FNO2S/c13-6-1-2-11(8(14)3-6)21(19,20)18-12-9(15)4-7(17)5-10(12)16/h1-5,18H. The van der Waals surface area contributed by atoms with Crippen LogP contribution >= 0.6 is 55.1 Å². The summed E-state index contributed by atoms with van der Waals surface area (Å²) in [7, 11) is -3.93. The monoisotopic (exact) mass is 475 g/mol. The van der Waals surface area contributed by atoms with Crippen molar-refractivity contribution >= 4 is 70.8 Å². The van der Waals surface area contributed by atoms with Gasteiger partial charge in [0.05, 0.1) is 15.7 Å². The lowest BCUT2D eigenvalue weighted by atomic mass is 10.3. The smallest absolute Gasteiger partial charge is 0.263 e. The second kappa shape index (κ2) is 6.42. The van der Waals surface area contributed by atoms with E-state index in [0.29, 0.717) is 8.95 Å². The normalized spacial score (nSPS) is 11.5. The fourth-order valence-electron chi connectivity index (χ4n) is 1.52. The van der Waals surface area contributed by atoms with Crippen LogP contribution in [0.3, 0.4) is 0 Å². The Morgan fingerprint density at radius 2 is 1.62 bits per heavy atom. The molecule has 2 aromatic carbocycles. The number of hydrogen-bond acceptors (Lipinski definition) is 2. The third kappa shape index (κ3) is 3.90. The molecule has 0 atom stereocenters. The fraction of sp³-hybridized carbons (Fsp3) is 0. The summed E-state index contributed by atoms with van der Waals surface area (Å²) in [6, 6.07) is 6.52. The van der Waals surface area contributed by atoms with Gasteiger partial charge in [-0.15, -0.1) is 0 Å². The predicted octanol–water partition coefficient (Wildman–Crippen LogP) is 5.46.